The molecule has 136 valence electrons. The second kappa shape index (κ2) is 7.69. The largest absolute Gasteiger partial charge is 0.335 e. The number of carbonyl (C=O) groups excluding carboxylic acids is 1. The summed E-state index contributed by atoms with van der Waals surface area (Å²) < 4.78 is 1.05. The molecule has 6 heteroatoms. The van der Waals surface area contributed by atoms with Gasteiger partial charge >= 0.3 is 0 Å². The van der Waals surface area contributed by atoms with Crippen LogP contribution in [0.1, 0.15) is 20.8 Å². The van der Waals surface area contributed by atoms with Gasteiger partial charge in [0.25, 0.3) is 5.91 Å². The van der Waals surface area contributed by atoms with Crippen molar-refractivity contribution in [2.45, 2.75) is 6.54 Å². The molecule has 0 spiro atoms. The molecule has 2 heterocycles. The van der Waals surface area contributed by atoms with Crippen LogP contribution in [0.2, 0.25) is 5.02 Å². The summed E-state index contributed by atoms with van der Waals surface area (Å²) in [6.07, 6.45) is 0. The summed E-state index contributed by atoms with van der Waals surface area (Å²) in [7, 11) is 0. The van der Waals surface area contributed by atoms with Gasteiger partial charge in [-0.1, -0.05) is 41.9 Å². The monoisotopic (exact) mass is 395 g/mol. The number of nitrogens with zero attached hydrogens (tertiary/aromatic N) is 3. The number of fused-ring (bicyclic) bond motifs is 1. The van der Waals surface area contributed by atoms with Crippen LogP contribution in [-0.2, 0) is 6.54 Å². The Balaban J connectivity index is 1.40. The third-order valence-electron chi connectivity index (χ3n) is 4.88. The van der Waals surface area contributed by atoms with Crippen LogP contribution in [-0.4, -0.2) is 41.9 Å². The SMILES string of the molecule is N#Cc1ccc(CN2CCN(C(=O)c3sc4ccccc4c3Cl)CC2)cc1. The van der Waals surface area contributed by atoms with Crippen LogP contribution < -0.4 is 0 Å². The summed E-state index contributed by atoms with van der Waals surface area (Å²) in [6, 6.07) is 17.7. The van der Waals surface area contributed by atoms with Crippen molar-refractivity contribution >= 4 is 38.9 Å². The van der Waals surface area contributed by atoms with Crippen molar-refractivity contribution < 1.29 is 4.79 Å². The van der Waals surface area contributed by atoms with E-state index in [2.05, 4.69) is 11.0 Å². The van der Waals surface area contributed by atoms with Crippen molar-refractivity contribution in [3.05, 3.63) is 69.6 Å². The molecule has 1 amide bonds. The number of amides is 1. The zero-order valence-electron chi connectivity index (χ0n) is 14.7. The Bertz CT molecular complexity index is 1010. The van der Waals surface area contributed by atoms with Crippen molar-refractivity contribution in [3.63, 3.8) is 0 Å². The van der Waals surface area contributed by atoms with Crippen molar-refractivity contribution in [2.24, 2.45) is 0 Å². The highest BCUT2D eigenvalue weighted by atomic mass is 35.5. The Kier molecular flexibility index (Phi) is 5.13. The number of rotatable bonds is 3. The number of hydrogen-bond acceptors (Lipinski definition) is 4. The number of piperazine rings is 1. The van der Waals surface area contributed by atoms with E-state index in [0.717, 1.165) is 29.7 Å². The van der Waals surface area contributed by atoms with E-state index in [-0.39, 0.29) is 5.91 Å². The molecule has 2 aromatic carbocycles. The second-order valence-corrected chi connectivity index (χ2v) is 8.05. The van der Waals surface area contributed by atoms with Gasteiger partial charge in [0.15, 0.2) is 0 Å². The standard InChI is InChI=1S/C21H18ClN3OS/c22-19-17-3-1-2-4-18(17)27-20(19)21(26)25-11-9-24(10-12-25)14-16-7-5-15(13-23)6-8-16/h1-8H,9-12,14H2. The fourth-order valence-corrected chi connectivity index (χ4v) is 4.83. The first-order valence-corrected chi connectivity index (χ1v) is 10.0. The van der Waals surface area contributed by atoms with E-state index in [1.165, 1.54) is 16.9 Å². The molecule has 0 N–H and O–H groups in total. The quantitative estimate of drug-likeness (QED) is 0.661. The minimum Gasteiger partial charge on any atom is -0.335 e. The van der Waals surface area contributed by atoms with Gasteiger partial charge in [-0.2, -0.15) is 5.26 Å². The lowest BCUT2D eigenvalue weighted by Gasteiger charge is -2.34. The maximum Gasteiger partial charge on any atom is 0.265 e. The number of hydrogen-bond donors (Lipinski definition) is 0. The Morgan fingerprint density at radius 3 is 2.44 bits per heavy atom. The van der Waals surface area contributed by atoms with Gasteiger partial charge in [0, 0.05) is 42.8 Å². The van der Waals surface area contributed by atoms with Gasteiger partial charge in [0.2, 0.25) is 0 Å². The summed E-state index contributed by atoms with van der Waals surface area (Å²) in [5, 5.41) is 10.4. The first kappa shape index (κ1) is 18.0. The molecule has 1 fully saturated rings. The van der Waals surface area contributed by atoms with Gasteiger partial charge in [-0.3, -0.25) is 9.69 Å². The molecule has 0 aliphatic carbocycles. The van der Waals surface area contributed by atoms with Gasteiger partial charge in [0.1, 0.15) is 4.88 Å². The van der Waals surface area contributed by atoms with Crippen LogP contribution in [0.25, 0.3) is 10.1 Å². The first-order valence-electron chi connectivity index (χ1n) is 8.83. The van der Waals surface area contributed by atoms with E-state index in [4.69, 9.17) is 16.9 Å². The fraction of sp³-hybridized carbons (Fsp3) is 0.238. The predicted octanol–water partition coefficient (Wildman–Crippen LogP) is 4.38. The Hall–Kier alpha value is -2.39. The summed E-state index contributed by atoms with van der Waals surface area (Å²) in [4.78, 5) is 17.8. The fourth-order valence-electron chi connectivity index (χ4n) is 3.35. The molecule has 0 saturated carbocycles. The van der Waals surface area contributed by atoms with E-state index in [9.17, 15) is 4.79 Å². The smallest absolute Gasteiger partial charge is 0.265 e. The van der Waals surface area contributed by atoms with Crippen LogP contribution in [0, 0.1) is 11.3 Å². The topological polar surface area (TPSA) is 47.3 Å². The highest BCUT2D eigenvalue weighted by molar-refractivity contribution is 7.21. The maximum absolute atomic E-state index is 12.9. The molecule has 4 nitrogen and oxygen atoms in total. The average molecular weight is 396 g/mol. The van der Waals surface area contributed by atoms with Crippen molar-refractivity contribution in [2.75, 3.05) is 26.2 Å². The minimum atomic E-state index is 0.0271. The molecule has 27 heavy (non-hydrogen) atoms. The van der Waals surface area contributed by atoms with Crippen LogP contribution in [0.3, 0.4) is 0 Å². The third-order valence-corrected chi connectivity index (χ3v) is 6.54. The molecule has 1 aliphatic rings. The lowest BCUT2D eigenvalue weighted by atomic mass is 10.1. The molecule has 0 atom stereocenters. The Morgan fingerprint density at radius 1 is 1.07 bits per heavy atom. The Labute approximate surface area is 167 Å². The number of nitriles is 1. The normalized spacial score (nSPS) is 15.0. The van der Waals surface area contributed by atoms with Gasteiger partial charge in [0.05, 0.1) is 16.7 Å². The molecular formula is C21H18ClN3OS. The zero-order valence-corrected chi connectivity index (χ0v) is 16.3. The first-order chi connectivity index (χ1) is 13.2. The number of benzene rings is 2. The summed E-state index contributed by atoms with van der Waals surface area (Å²) in [6.45, 7) is 3.87. The summed E-state index contributed by atoms with van der Waals surface area (Å²) in [5.74, 6) is 0.0271. The highest BCUT2D eigenvalue weighted by Crippen LogP contribution is 2.36. The molecule has 0 bridgehead atoms. The van der Waals surface area contributed by atoms with E-state index >= 15 is 0 Å². The molecule has 1 aliphatic heterocycles. The van der Waals surface area contributed by atoms with Crippen LogP contribution in [0.5, 0.6) is 0 Å². The van der Waals surface area contributed by atoms with Crippen LogP contribution >= 0.6 is 22.9 Å². The van der Waals surface area contributed by atoms with E-state index in [0.29, 0.717) is 28.6 Å². The van der Waals surface area contributed by atoms with E-state index in [1.54, 1.807) is 0 Å². The highest BCUT2D eigenvalue weighted by Gasteiger charge is 2.26. The number of thiophene rings is 1. The minimum absolute atomic E-state index is 0.0271. The van der Waals surface area contributed by atoms with E-state index in [1.807, 2.05) is 53.4 Å². The van der Waals surface area contributed by atoms with Gasteiger partial charge in [-0.25, -0.2) is 0 Å². The second-order valence-electron chi connectivity index (χ2n) is 6.62. The summed E-state index contributed by atoms with van der Waals surface area (Å²) >= 11 is 7.93. The summed E-state index contributed by atoms with van der Waals surface area (Å²) in [5.41, 5.74) is 1.86. The lowest BCUT2D eigenvalue weighted by molar-refractivity contribution is 0.0633. The number of carbonyl (C=O) groups is 1. The zero-order chi connectivity index (χ0) is 18.8. The molecule has 3 aromatic rings. The van der Waals surface area contributed by atoms with Gasteiger partial charge in [-0.05, 0) is 23.8 Å². The third kappa shape index (κ3) is 3.70. The maximum atomic E-state index is 12.9. The van der Waals surface area contributed by atoms with Crippen LogP contribution in [0.15, 0.2) is 48.5 Å². The molecule has 1 saturated heterocycles. The molecule has 4 rings (SSSR count). The van der Waals surface area contributed by atoms with E-state index < -0.39 is 0 Å². The van der Waals surface area contributed by atoms with Crippen LogP contribution in [0.4, 0.5) is 0 Å². The van der Waals surface area contributed by atoms with Crippen molar-refractivity contribution in [3.8, 4) is 6.07 Å². The Morgan fingerprint density at radius 2 is 1.78 bits per heavy atom. The average Bonchev–Trinajstić information content (AvgIpc) is 3.05. The van der Waals surface area contributed by atoms with Crippen molar-refractivity contribution in [1.82, 2.24) is 9.80 Å². The molecule has 1 aromatic heterocycles. The lowest BCUT2D eigenvalue weighted by Crippen LogP contribution is -2.48. The van der Waals surface area contributed by atoms with Gasteiger partial charge < -0.3 is 4.90 Å². The predicted molar refractivity (Wildman–Crippen MR) is 109 cm³/mol. The molecule has 0 unspecified atom stereocenters. The van der Waals surface area contributed by atoms with Gasteiger partial charge in [-0.15, -0.1) is 11.3 Å². The van der Waals surface area contributed by atoms with Crippen molar-refractivity contribution in [1.29, 1.82) is 5.26 Å². The molecular weight excluding hydrogens is 378 g/mol. The number of halogens is 1. The molecule has 0 radical (unpaired) electrons.